The number of hydrogen-bond donors (Lipinski definition) is 5. The highest BCUT2D eigenvalue weighted by molar-refractivity contribution is 7.90. The Hall–Kier alpha value is -0.550. The van der Waals surface area contributed by atoms with Crippen molar-refractivity contribution in [3.8, 4) is 0 Å². The zero-order chi connectivity index (χ0) is 24.1. The minimum absolute atomic E-state index is 0.00852. The summed E-state index contributed by atoms with van der Waals surface area (Å²) >= 11 is 0. The number of likely N-dealkylation sites (tertiary alicyclic amines) is 1. The van der Waals surface area contributed by atoms with Crippen molar-refractivity contribution in [3.05, 3.63) is 0 Å². The summed E-state index contributed by atoms with van der Waals surface area (Å²) in [7, 11) is -0.127. The molecule has 196 valence electrons. The molecule has 5 fully saturated rings. The van der Waals surface area contributed by atoms with Crippen molar-refractivity contribution >= 4 is 10.0 Å². The highest BCUT2D eigenvalue weighted by atomic mass is 32.2. The number of piperidine rings is 2. The number of nitrogens with one attached hydrogen (secondary N) is 5. The van der Waals surface area contributed by atoms with E-state index in [9.17, 15) is 17.2 Å². The van der Waals surface area contributed by atoms with Crippen LogP contribution in [0.2, 0.25) is 0 Å². The average molecular weight is 509 g/mol. The van der Waals surface area contributed by atoms with Crippen molar-refractivity contribution in [2.75, 3.05) is 60.0 Å². The van der Waals surface area contributed by atoms with Gasteiger partial charge in [-0.2, -0.15) is 0 Å². The number of likely N-dealkylation sites (N-methyl/N-ethyl adjacent to an activating group) is 1. The number of hydrogen-bond acceptors (Lipinski definition) is 10. The first-order valence-electron chi connectivity index (χ1n) is 12.3. The van der Waals surface area contributed by atoms with Gasteiger partial charge in [-0.15, -0.1) is 0 Å². The topological polar surface area (TPSA) is 113 Å². The van der Waals surface area contributed by atoms with Crippen LogP contribution < -0.4 is 26.2 Å². The fourth-order valence-corrected chi connectivity index (χ4v) is 7.77. The van der Waals surface area contributed by atoms with Crippen LogP contribution in [0, 0.1) is 5.92 Å². The van der Waals surface area contributed by atoms with E-state index in [4.69, 9.17) is 4.74 Å². The largest absolute Gasteiger partial charge is 0.365 e. The van der Waals surface area contributed by atoms with E-state index in [-0.39, 0.29) is 37.1 Å². The summed E-state index contributed by atoms with van der Waals surface area (Å²) in [4.78, 5) is 1.89. The molecule has 0 aromatic carbocycles. The first kappa shape index (κ1) is 25.1. The van der Waals surface area contributed by atoms with Crippen LogP contribution in [0.1, 0.15) is 19.3 Å². The van der Waals surface area contributed by atoms with Gasteiger partial charge in [-0.05, 0) is 19.4 Å². The van der Waals surface area contributed by atoms with Gasteiger partial charge in [0.15, 0.2) is 0 Å². The highest BCUT2D eigenvalue weighted by Gasteiger charge is 2.49. The predicted molar refractivity (Wildman–Crippen MR) is 122 cm³/mol. The second-order valence-corrected chi connectivity index (χ2v) is 12.3. The molecule has 5 saturated heterocycles. The molecule has 0 aliphatic carbocycles. The van der Waals surface area contributed by atoms with Crippen LogP contribution in [0.15, 0.2) is 0 Å². The van der Waals surface area contributed by atoms with E-state index in [1.54, 1.807) is 7.11 Å². The van der Waals surface area contributed by atoms with Gasteiger partial charge in [0.05, 0.1) is 18.8 Å². The summed E-state index contributed by atoms with van der Waals surface area (Å²) in [6, 6.07) is -0.351. The van der Waals surface area contributed by atoms with E-state index in [1.807, 2.05) is 22.0 Å². The van der Waals surface area contributed by atoms with Crippen molar-refractivity contribution in [2.24, 2.45) is 5.92 Å². The summed E-state index contributed by atoms with van der Waals surface area (Å²) < 4.78 is 62.8. The molecule has 34 heavy (non-hydrogen) atoms. The molecule has 11 nitrogen and oxygen atoms in total. The lowest BCUT2D eigenvalue weighted by Gasteiger charge is -2.42. The minimum Gasteiger partial charge on any atom is -0.365 e. The van der Waals surface area contributed by atoms with Gasteiger partial charge in [-0.1, -0.05) is 0 Å². The van der Waals surface area contributed by atoms with Crippen LogP contribution in [-0.2, 0) is 14.8 Å². The van der Waals surface area contributed by atoms with Crippen molar-refractivity contribution in [1.29, 1.82) is 0 Å². The van der Waals surface area contributed by atoms with E-state index in [0.29, 0.717) is 26.1 Å². The number of fused-ring (bicyclic) bond motifs is 1. The zero-order valence-electron chi connectivity index (χ0n) is 19.8. The molecule has 7 unspecified atom stereocenters. The first-order valence-corrected chi connectivity index (χ1v) is 13.8. The number of hydrazine groups is 2. The summed E-state index contributed by atoms with van der Waals surface area (Å²) in [5.74, 6) is -2.32. The maximum atomic E-state index is 13.7. The summed E-state index contributed by atoms with van der Waals surface area (Å²) in [5.41, 5.74) is 6.54. The Balaban J connectivity index is 1.21. The molecule has 0 radical (unpaired) electrons. The quantitative estimate of drug-likeness (QED) is 0.273. The van der Waals surface area contributed by atoms with E-state index in [0.717, 1.165) is 26.1 Å². The molecular weight excluding hydrogens is 470 g/mol. The van der Waals surface area contributed by atoms with Crippen LogP contribution in [0.4, 0.5) is 8.78 Å². The number of sulfonamides is 1. The lowest BCUT2D eigenvalue weighted by Crippen LogP contribution is -2.67. The number of alkyl halides is 2. The first-order chi connectivity index (χ1) is 16.2. The number of rotatable bonds is 6. The van der Waals surface area contributed by atoms with Gasteiger partial charge in [-0.3, -0.25) is 21.1 Å². The lowest BCUT2D eigenvalue weighted by molar-refractivity contribution is -0.0106. The number of ether oxygens (including phenoxy) is 1. The molecule has 0 saturated carbocycles. The van der Waals surface area contributed by atoms with Gasteiger partial charge in [0, 0.05) is 71.3 Å². The number of halogens is 2. The zero-order valence-corrected chi connectivity index (χ0v) is 20.7. The Morgan fingerprint density at radius 1 is 1.15 bits per heavy atom. The molecule has 5 aliphatic rings. The van der Waals surface area contributed by atoms with Crippen molar-refractivity contribution < 1.29 is 21.9 Å². The van der Waals surface area contributed by atoms with Gasteiger partial charge < -0.3 is 10.1 Å². The summed E-state index contributed by atoms with van der Waals surface area (Å²) in [5, 5.41) is 10.0. The standard InChI is InChI=1S/C20H38F2N8O3S/c1-28-18-13(9-25-28)8-24-19(33-2)17(18)27-34(31,32)15-10-26-30(11-15)16-7-14(3-5-23-16)29-6-4-20(21,22)12-29/h13-19,23-27H,3-12H2,1-2H3. The Bertz CT molecular complexity index is 839. The van der Waals surface area contributed by atoms with Gasteiger partial charge in [-0.25, -0.2) is 31.9 Å². The molecule has 14 heteroatoms. The van der Waals surface area contributed by atoms with Gasteiger partial charge in [0.1, 0.15) is 11.5 Å². The SMILES string of the molecule is COC1NCC2CNN(C)C2C1NS(=O)(=O)C1CNN(C2CC(N3CCC(F)(F)C3)CCN2)C1. The molecule has 0 aromatic heterocycles. The van der Waals surface area contributed by atoms with E-state index >= 15 is 0 Å². The van der Waals surface area contributed by atoms with Crippen LogP contribution in [0.5, 0.6) is 0 Å². The van der Waals surface area contributed by atoms with Crippen LogP contribution in [0.3, 0.4) is 0 Å². The molecule has 0 bridgehead atoms. The Morgan fingerprint density at radius 3 is 2.71 bits per heavy atom. The monoisotopic (exact) mass is 508 g/mol. The number of nitrogens with zero attached hydrogens (tertiary/aromatic N) is 3. The molecule has 5 rings (SSSR count). The van der Waals surface area contributed by atoms with Gasteiger partial charge in [0.2, 0.25) is 10.0 Å². The fraction of sp³-hybridized carbons (Fsp3) is 1.00. The van der Waals surface area contributed by atoms with Crippen molar-refractivity contribution in [2.45, 2.75) is 61.0 Å². The third-order valence-corrected chi connectivity index (χ3v) is 9.96. The maximum absolute atomic E-state index is 13.7. The van der Waals surface area contributed by atoms with Crippen LogP contribution >= 0.6 is 0 Å². The molecule has 7 atom stereocenters. The van der Waals surface area contributed by atoms with E-state index in [2.05, 4.69) is 26.2 Å². The Kier molecular flexibility index (Phi) is 7.18. The van der Waals surface area contributed by atoms with Crippen molar-refractivity contribution in [1.82, 2.24) is 41.1 Å². The normalized spacial score (nSPS) is 42.3. The lowest BCUT2D eigenvalue weighted by atomic mass is 9.90. The smallest absolute Gasteiger partial charge is 0.261 e. The van der Waals surface area contributed by atoms with E-state index in [1.165, 1.54) is 0 Å². The Labute approximate surface area is 200 Å². The van der Waals surface area contributed by atoms with Crippen molar-refractivity contribution in [3.63, 3.8) is 0 Å². The third kappa shape index (κ3) is 4.99. The molecule has 5 aliphatic heterocycles. The number of methoxy groups -OCH3 is 1. The van der Waals surface area contributed by atoms with Gasteiger partial charge in [0.25, 0.3) is 5.92 Å². The molecule has 0 aromatic rings. The third-order valence-electron chi connectivity index (χ3n) is 8.17. The molecule has 5 N–H and O–H groups in total. The molecule has 5 heterocycles. The highest BCUT2D eigenvalue weighted by Crippen LogP contribution is 2.31. The Morgan fingerprint density at radius 2 is 1.97 bits per heavy atom. The van der Waals surface area contributed by atoms with Crippen LogP contribution in [-0.4, -0.2) is 125 Å². The summed E-state index contributed by atoms with van der Waals surface area (Å²) in [6.07, 6.45) is 0.914. The molecule has 0 spiro atoms. The maximum Gasteiger partial charge on any atom is 0.261 e. The molecule has 0 amide bonds. The second-order valence-electron chi connectivity index (χ2n) is 10.3. The summed E-state index contributed by atoms with van der Waals surface area (Å²) in [6.45, 7) is 3.14. The van der Waals surface area contributed by atoms with Gasteiger partial charge >= 0.3 is 0 Å². The molecular formula is C20H38F2N8O3S. The second kappa shape index (κ2) is 9.72. The minimum atomic E-state index is -3.65. The average Bonchev–Trinajstić information content (AvgIpc) is 3.53. The van der Waals surface area contributed by atoms with Crippen LogP contribution in [0.25, 0.3) is 0 Å². The predicted octanol–water partition coefficient (Wildman–Crippen LogP) is -2.11. The fourth-order valence-electron chi connectivity index (χ4n) is 6.28. The van der Waals surface area contributed by atoms with E-state index < -0.39 is 33.5 Å².